The van der Waals surface area contributed by atoms with Crippen molar-refractivity contribution in [3.63, 3.8) is 0 Å². The van der Waals surface area contributed by atoms with Gasteiger partial charge in [-0.25, -0.2) is 0 Å². The van der Waals surface area contributed by atoms with Crippen molar-refractivity contribution in [2.45, 2.75) is 10.9 Å². The van der Waals surface area contributed by atoms with Crippen molar-refractivity contribution in [2.24, 2.45) is 5.73 Å². The minimum Gasteiger partial charge on any atom is -0.508 e. The highest BCUT2D eigenvalue weighted by atomic mass is 32.2. The van der Waals surface area contributed by atoms with Crippen molar-refractivity contribution in [2.75, 3.05) is 12.9 Å². The lowest BCUT2D eigenvalue weighted by molar-refractivity contribution is 0.266. The highest BCUT2D eigenvalue weighted by Gasteiger charge is 2.10. The molecule has 0 aromatic heterocycles. The number of hydrogen-bond acceptors (Lipinski definition) is 4. The number of hydrogen-bond donors (Lipinski definition) is 3. The molecule has 0 aliphatic heterocycles. The molecule has 4 N–H and O–H groups in total. The van der Waals surface area contributed by atoms with E-state index in [9.17, 15) is 5.11 Å². The number of thioether (sulfide) groups is 1. The number of phenols is 1. The maximum absolute atomic E-state index is 9.23. The van der Waals surface area contributed by atoms with Crippen LogP contribution in [0.15, 0.2) is 23.1 Å². The number of rotatable bonds is 3. The first-order valence-corrected chi connectivity index (χ1v) is 5.15. The van der Waals surface area contributed by atoms with Crippen LogP contribution in [0.4, 0.5) is 0 Å². The number of nitrogens with two attached hydrogens (primary N) is 1. The smallest absolute Gasteiger partial charge is 0.115 e. The van der Waals surface area contributed by atoms with Gasteiger partial charge >= 0.3 is 0 Å². The van der Waals surface area contributed by atoms with Crippen molar-refractivity contribution in [3.8, 4) is 5.75 Å². The first-order valence-electron chi connectivity index (χ1n) is 3.92. The minimum absolute atomic E-state index is 0.114. The molecular formula is C9H13NO2S. The van der Waals surface area contributed by atoms with E-state index < -0.39 is 6.04 Å². The van der Waals surface area contributed by atoms with E-state index in [4.69, 9.17) is 10.8 Å². The SMILES string of the molecule is CSc1ccc(O)cc1C(N)CO. The summed E-state index contributed by atoms with van der Waals surface area (Å²) in [6.45, 7) is -0.114. The molecule has 1 aromatic rings. The van der Waals surface area contributed by atoms with Crippen LogP contribution in [0.1, 0.15) is 11.6 Å². The summed E-state index contributed by atoms with van der Waals surface area (Å²) in [5.41, 5.74) is 6.45. The molecule has 0 bridgehead atoms. The first kappa shape index (κ1) is 10.4. The van der Waals surface area contributed by atoms with Gasteiger partial charge in [0.2, 0.25) is 0 Å². The van der Waals surface area contributed by atoms with Crippen LogP contribution in [0.2, 0.25) is 0 Å². The molecule has 0 fully saturated rings. The van der Waals surface area contributed by atoms with Crippen LogP contribution in [0.3, 0.4) is 0 Å². The summed E-state index contributed by atoms with van der Waals surface area (Å²) >= 11 is 1.55. The summed E-state index contributed by atoms with van der Waals surface area (Å²) < 4.78 is 0. The molecule has 0 radical (unpaired) electrons. The fourth-order valence-electron chi connectivity index (χ4n) is 1.11. The fourth-order valence-corrected chi connectivity index (χ4v) is 1.76. The Kier molecular flexibility index (Phi) is 3.59. The summed E-state index contributed by atoms with van der Waals surface area (Å²) in [5.74, 6) is 0.178. The summed E-state index contributed by atoms with van der Waals surface area (Å²) in [4.78, 5) is 0.986. The minimum atomic E-state index is -0.422. The quantitative estimate of drug-likeness (QED) is 0.638. The molecule has 0 aliphatic carbocycles. The zero-order valence-electron chi connectivity index (χ0n) is 7.40. The highest BCUT2D eigenvalue weighted by Crippen LogP contribution is 2.27. The standard InChI is InChI=1S/C9H13NO2S/c1-13-9-3-2-6(12)4-7(9)8(10)5-11/h2-4,8,11-12H,5,10H2,1H3. The van der Waals surface area contributed by atoms with E-state index >= 15 is 0 Å². The van der Waals surface area contributed by atoms with E-state index in [1.165, 1.54) is 0 Å². The molecule has 0 amide bonds. The maximum atomic E-state index is 9.23. The Balaban J connectivity index is 3.07. The third-order valence-electron chi connectivity index (χ3n) is 1.81. The van der Waals surface area contributed by atoms with Crippen LogP contribution < -0.4 is 5.73 Å². The van der Waals surface area contributed by atoms with Gasteiger partial charge in [0, 0.05) is 4.90 Å². The van der Waals surface area contributed by atoms with Gasteiger partial charge in [0.05, 0.1) is 12.6 Å². The molecule has 0 saturated carbocycles. The van der Waals surface area contributed by atoms with E-state index in [1.54, 1.807) is 30.0 Å². The second-order valence-corrected chi connectivity index (χ2v) is 3.56. The molecule has 1 aromatic carbocycles. The predicted molar refractivity (Wildman–Crippen MR) is 53.9 cm³/mol. The van der Waals surface area contributed by atoms with Crippen LogP contribution in [0.25, 0.3) is 0 Å². The number of aromatic hydroxyl groups is 1. The van der Waals surface area contributed by atoms with Gasteiger partial charge in [-0.05, 0) is 30.0 Å². The number of phenolic OH excluding ortho intramolecular Hbond substituents is 1. The van der Waals surface area contributed by atoms with Crippen LogP contribution >= 0.6 is 11.8 Å². The van der Waals surface area contributed by atoms with Crippen LogP contribution in [0, 0.1) is 0 Å². The Hall–Kier alpha value is -0.710. The van der Waals surface area contributed by atoms with Crippen molar-refractivity contribution in [3.05, 3.63) is 23.8 Å². The third kappa shape index (κ3) is 2.37. The monoisotopic (exact) mass is 199 g/mol. The van der Waals surface area contributed by atoms with Gasteiger partial charge in [-0.15, -0.1) is 11.8 Å². The molecule has 0 spiro atoms. The van der Waals surface area contributed by atoms with E-state index in [0.29, 0.717) is 0 Å². The van der Waals surface area contributed by atoms with Crippen molar-refractivity contribution >= 4 is 11.8 Å². The Morgan fingerprint density at radius 2 is 2.23 bits per heavy atom. The van der Waals surface area contributed by atoms with Gasteiger partial charge < -0.3 is 15.9 Å². The average molecular weight is 199 g/mol. The lowest BCUT2D eigenvalue weighted by Crippen LogP contribution is -2.15. The number of aliphatic hydroxyl groups is 1. The molecule has 13 heavy (non-hydrogen) atoms. The summed E-state index contributed by atoms with van der Waals surface area (Å²) in [7, 11) is 0. The Morgan fingerprint density at radius 3 is 2.77 bits per heavy atom. The van der Waals surface area contributed by atoms with Crippen LogP contribution in [-0.4, -0.2) is 23.1 Å². The van der Waals surface area contributed by atoms with Gasteiger partial charge in [0.25, 0.3) is 0 Å². The molecule has 1 atom stereocenters. The van der Waals surface area contributed by atoms with E-state index in [1.807, 2.05) is 6.26 Å². The summed E-state index contributed by atoms with van der Waals surface area (Å²) in [6.07, 6.45) is 1.93. The zero-order chi connectivity index (χ0) is 9.84. The lowest BCUT2D eigenvalue weighted by Gasteiger charge is -2.12. The summed E-state index contributed by atoms with van der Waals surface area (Å²) in [5, 5.41) is 18.1. The largest absolute Gasteiger partial charge is 0.508 e. The Morgan fingerprint density at radius 1 is 1.54 bits per heavy atom. The molecule has 0 heterocycles. The zero-order valence-corrected chi connectivity index (χ0v) is 8.21. The van der Waals surface area contributed by atoms with Gasteiger partial charge in [0.15, 0.2) is 0 Å². The summed E-state index contributed by atoms with van der Waals surface area (Å²) in [6, 6.07) is 4.58. The molecule has 72 valence electrons. The van der Waals surface area contributed by atoms with Gasteiger partial charge in [-0.3, -0.25) is 0 Å². The third-order valence-corrected chi connectivity index (χ3v) is 2.62. The highest BCUT2D eigenvalue weighted by molar-refractivity contribution is 7.98. The first-order chi connectivity index (χ1) is 6.19. The van der Waals surface area contributed by atoms with E-state index in [-0.39, 0.29) is 12.4 Å². The Labute approximate surface area is 81.6 Å². The van der Waals surface area contributed by atoms with Gasteiger partial charge in [0.1, 0.15) is 5.75 Å². The number of benzene rings is 1. The molecule has 0 aliphatic rings. The van der Waals surface area contributed by atoms with E-state index in [2.05, 4.69) is 0 Å². The second kappa shape index (κ2) is 4.50. The molecule has 1 unspecified atom stereocenters. The van der Waals surface area contributed by atoms with Crippen molar-refractivity contribution in [1.29, 1.82) is 0 Å². The van der Waals surface area contributed by atoms with Crippen LogP contribution in [-0.2, 0) is 0 Å². The molecule has 4 heteroatoms. The molecular weight excluding hydrogens is 186 g/mol. The number of aliphatic hydroxyl groups excluding tert-OH is 1. The average Bonchev–Trinajstić information content (AvgIpc) is 2.16. The van der Waals surface area contributed by atoms with Gasteiger partial charge in [-0.2, -0.15) is 0 Å². The maximum Gasteiger partial charge on any atom is 0.115 e. The Bertz CT molecular complexity index is 291. The lowest BCUT2D eigenvalue weighted by atomic mass is 10.1. The van der Waals surface area contributed by atoms with Crippen molar-refractivity contribution < 1.29 is 10.2 Å². The van der Waals surface area contributed by atoms with Crippen molar-refractivity contribution in [1.82, 2.24) is 0 Å². The van der Waals surface area contributed by atoms with Gasteiger partial charge in [-0.1, -0.05) is 0 Å². The fraction of sp³-hybridized carbons (Fsp3) is 0.333. The predicted octanol–water partition coefficient (Wildman–Crippen LogP) is 1.11. The second-order valence-electron chi connectivity index (χ2n) is 2.72. The normalized spacial score (nSPS) is 12.8. The topological polar surface area (TPSA) is 66.5 Å². The molecule has 1 rings (SSSR count). The molecule has 3 nitrogen and oxygen atoms in total. The molecule has 0 saturated heterocycles. The van der Waals surface area contributed by atoms with Crippen LogP contribution in [0.5, 0.6) is 5.75 Å². The van der Waals surface area contributed by atoms with E-state index in [0.717, 1.165) is 10.5 Å².